The normalized spacial score (nSPS) is 11.0. The fourth-order valence-electron chi connectivity index (χ4n) is 4.86. The predicted molar refractivity (Wildman–Crippen MR) is 177 cm³/mol. The molecule has 9 nitrogen and oxygen atoms in total. The Morgan fingerprint density at radius 1 is 1.02 bits per heavy atom. The third-order valence-corrected chi connectivity index (χ3v) is 7.33. The first-order chi connectivity index (χ1) is 22.0. The van der Waals surface area contributed by atoms with Gasteiger partial charge < -0.3 is 29.9 Å². The summed E-state index contributed by atoms with van der Waals surface area (Å²) in [5.74, 6) is -2.07. The van der Waals surface area contributed by atoms with Crippen LogP contribution in [0.25, 0.3) is 12.2 Å². The number of allylic oxidation sites excluding steroid dienone is 2. The SMILES string of the molecule is CCCn1cc(O)c(=O)cc1CNC(=O)CCCCCCOc1cc(/C=C/c2ccc(F)cc2)c(C(=O)O)c(O)c1CC=C(C)C. The van der Waals surface area contributed by atoms with Crippen molar-refractivity contribution in [1.82, 2.24) is 9.88 Å². The van der Waals surface area contributed by atoms with Crippen molar-refractivity contribution in [2.45, 2.75) is 78.8 Å². The number of hydrogen-bond acceptors (Lipinski definition) is 6. The van der Waals surface area contributed by atoms with Crippen LogP contribution in [0.1, 0.15) is 92.0 Å². The maximum atomic E-state index is 13.3. The number of benzene rings is 2. The molecule has 0 aliphatic rings. The first-order valence-electron chi connectivity index (χ1n) is 15.5. The third kappa shape index (κ3) is 10.6. The molecule has 3 aromatic rings. The molecular weight excluding hydrogens is 591 g/mol. The number of amides is 1. The van der Waals surface area contributed by atoms with Gasteiger partial charge in [0.1, 0.15) is 22.9 Å². The molecule has 0 spiro atoms. The number of halogens is 1. The van der Waals surface area contributed by atoms with Crippen LogP contribution in [0.2, 0.25) is 0 Å². The van der Waals surface area contributed by atoms with E-state index in [0.717, 1.165) is 24.8 Å². The minimum absolute atomic E-state index is 0.126. The Hall–Kier alpha value is -4.86. The van der Waals surface area contributed by atoms with Crippen LogP contribution in [0.4, 0.5) is 4.39 Å². The van der Waals surface area contributed by atoms with Gasteiger partial charge in [-0.1, -0.05) is 55.7 Å². The van der Waals surface area contributed by atoms with E-state index in [1.807, 2.05) is 26.8 Å². The Kier molecular flexibility index (Phi) is 13.6. The van der Waals surface area contributed by atoms with E-state index in [-0.39, 0.29) is 40.9 Å². The van der Waals surface area contributed by atoms with E-state index in [1.54, 1.807) is 34.9 Å². The van der Waals surface area contributed by atoms with Crippen LogP contribution in [-0.2, 0) is 24.3 Å². The van der Waals surface area contributed by atoms with Crippen molar-refractivity contribution in [2.75, 3.05) is 6.61 Å². The smallest absolute Gasteiger partial charge is 0.340 e. The maximum absolute atomic E-state index is 13.3. The average molecular weight is 635 g/mol. The highest BCUT2D eigenvalue weighted by atomic mass is 19.1. The lowest BCUT2D eigenvalue weighted by Gasteiger charge is -2.16. The van der Waals surface area contributed by atoms with E-state index in [0.29, 0.717) is 61.4 Å². The number of rotatable bonds is 17. The van der Waals surface area contributed by atoms with Gasteiger partial charge in [0.25, 0.3) is 0 Å². The molecule has 246 valence electrons. The van der Waals surface area contributed by atoms with Crippen LogP contribution in [0.3, 0.4) is 0 Å². The van der Waals surface area contributed by atoms with Gasteiger partial charge in [0, 0.05) is 30.3 Å². The second-order valence-electron chi connectivity index (χ2n) is 11.3. The van der Waals surface area contributed by atoms with Gasteiger partial charge in [-0.25, -0.2) is 9.18 Å². The molecule has 0 fully saturated rings. The van der Waals surface area contributed by atoms with Crippen LogP contribution in [0.15, 0.2) is 59.0 Å². The summed E-state index contributed by atoms with van der Waals surface area (Å²) < 4.78 is 21.1. The summed E-state index contributed by atoms with van der Waals surface area (Å²) in [5.41, 5.74) is 2.23. The number of aromatic carboxylic acids is 1. The van der Waals surface area contributed by atoms with Gasteiger partial charge in [-0.15, -0.1) is 0 Å². The summed E-state index contributed by atoms with van der Waals surface area (Å²) in [6.45, 7) is 6.96. The van der Waals surface area contributed by atoms with Gasteiger partial charge in [-0.2, -0.15) is 0 Å². The number of unbranched alkanes of at least 4 members (excludes halogenated alkanes) is 3. The highest BCUT2D eigenvalue weighted by Gasteiger charge is 2.22. The van der Waals surface area contributed by atoms with Gasteiger partial charge >= 0.3 is 5.97 Å². The van der Waals surface area contributed by atoms with Gasteiger partial charge in [-0.05, 0) is 68.9 Å². The molecule has 4 N–H and O–H groups in total. The number of nitrogens with zero attached hydrogens (tertiary/aromatic N) is 1. The van der Waals surface area contributed by atoms with E-state index < -0.39 is 11.4 Å². The van der Waals surface area contributed by atoms with Crippen molar-refractivity contribution in [2.24, 2.45) is 0 Å². The van der Waals surface area contributed by atoms with Crippen molar-refractivity contribution in [3.8, 4) is 17.2 Å². The number of carboxylic acids is 1. The molecule has 0 unspecified atom stereocenters. The van der Waals surface area contributed by atoms with Crippen molar-refractivity contribution in [3.63, 3.8) is 0 Å². The summed E-state index contributed by atoms with van der Waals surface area (Å²) >= 11 is 0. The van der Waals surface area contributed by atoms with Crippen molar-refractivity contribution in [3.05, 3.63) is 98.2 Å². The summed E-state index contributed by atoms with van der Waals surface area (Å²) in [4.78, 5) is 36.4. The zero-order valence-corrected chi connectivity index (χ0v) is 26.6. The van der Waals surface area contributed by atoms with Gasteiger partial charge in [0.15, 0.2) is 5.75 Å². The monoisotopic (exact) mass is 634 g/mol. The van der Waals surface area contributed by atoms with Crippen molar-refractivity contribution in [1.29, 1.82) is 0 Å². The highest BCUT2D eigenvalue weighted by Crippen LogP contribution is 2.36. The second-order valence-corrected chi connectivity index (χ2v) is 11.3. The lowest BCUT2D eigenvalue weighted by molar-refractivity contribution is -0.121. The number of carboxylic acid groups (broad SMARTS) is 1. The first kappa shape index (κ1) is 35.6. The summed E-state index contributed by atoms with van der Waals surface area (Å²) in [5, 5.41) is 33.5. The highest BCUT2D eigenvalue weighted by molar-refractivity contribution is 5.97. The molecule has 0 bridgehead atoms. The number of carbonyl (C=O) groups excluding carboxylic acids is 1. The van der Waals surface area contributed by atoms with Gasteiger partial charge in [-0.3, -0.25) is 9.59 Å². The Labute approximate surface area is 268 Å². The molecule has 3 rings (SSSR count). The number of phenols is 1. The molecule has 0 saturated carbocycles. The third-order valence-electron chi connectivity index (χ3n) is 7.33. The van der Waals surface area contributed by atoms with Crippen molar-refractivity contribution >= 4 is 24.0 Å². The molecule has 2 aromatic carbocycles. The maximum Gasteiger partial charge on any atom is 0.340 e. The van der Waals surface area contributed by atoms with E-state index in [1.165, 1.54) is 24.4 Å². The zero-order valence-electron chi connectivity index (χ0n) is 26.6. The number of nitrogens with one attached hydrogen (secondary N) is 1. The Morgan fingerprint density at radius 3 is 2.41 bits per heavy atom. The minimum atomic E-state index is -1.27. The Morgan fingerprint density at radius 2 is 1.74 bits per heavy atom. The van der Waals surface area contributed by atoms with Gasteiger partial charge in [0.05, 0.1) is 19.3 Å². The molecule has 1 amide bonds. The molecule has 1 aromatic heterocycles. The number of ether oxygens (including phenoxy) is 1. The fraction of sp³-hybridized carbons (Fsp3) is 0.361. The molecular formula is C36H43FN2O7. The van der Waals surface area contributed by atoms with Crippen LogP contribution in [-0.4, -0.2) is 38.4 Å². The van der Waals surface area contributed by atoms with Crippen LogP contribution >= 0.6 is 0 Å². The molecule has 0 aliphatic carbocycles. The molecule has 0 saturated heterocycles. The molecule has 10 heteroatoms. The molecule has 1 heterocycles. The second kappa shape index (κ2) is 17.6. The largest absolute Gasteiger partial charge is 0.507 e. The molecule has 0 radical (unpaired) electrons. The number of aromatic hydroxyl groups is 2. The zero-order chi connectivity index (χ0) is 33.6. The summed E-state index contributed by atoms with van der Waals surface area (Å²) in [7, 11) is 0. The molecule has 0 aliphatic heterocycles. The van der Waals surface area contributed by atoms with Gasteiger partial charge in [0.2, 0.25) is 11.3 Å². The van der Waals surface area contributed by atoms with E-state index in [2.05, 4.69) is 5.32 Å². The number of carbonyl (C=O) groups is 2. The van der Waals surface area contributed by atoms with Crippen LogP contribution < -0.4 is 15.5 Å². The van der Waals surface area contributed by atoms with E-state index >= 15 is 0 Å². The lowest BCUT2D eigenvalue weighted by atomic mass is 9.97. The number of hydrogen-bond donors (Lipinski definition) is 4. The topological polar surface area (TPSA) is 138 Å². The van der Waals surface area contributed by atoms with E-state index in [9.17, 15) is 34.1 Å². The fourth-order valence-corrected chi connectivity index (χ4v) is 4.86. The number of aryl methyl sites for hydroxylation is 1. The minimum Gasteiger partial charge on any atom is -0.507 e. The number of aromatic nitrogens is 1. The standard InChI is InChI=1S/C36H43FN2O7/c1-4-18-39-23-31(41)30(40)21-28(39)22-38-33(42)9-7-5-6-8-19-46-32-20-26(14-11-25-12-15-27(37)16-13-25)34(36(44)45)35(43)29(32)17-10-24(2)3/h10-16,20-21,23,41,43H,4-9,17-19,22H2,1-3H3,(H,38,42)(H,44,45)/b14-11+. The quantitative estimate of drug-likeness (QED) is 0.0725. The Balaban J connectivity index is 1.58. The first-order valence-corrected chi connectivity index (χ1v) is 15.5. The Bertz CT molecular complexity index is 1620. The summed E-state index contributed by atoms with van der Waals surface area (Å²) in [6, 6.07) is 8.70. The molecule has 0 atom stereocenters. The van der Waals surface area contributed by atoms with Crippen LogP contribution in [0, 0.1) is 5.82 Å². The van der Waals surface area contributed by atoms with Crippen LogP contribution in [0.5, 0.6) is 17.2 Å². The summed E-state index contributed by atoms with van der Waals surface area (Å²) in [6.07, 6.45) is 10.9. The lowest BCUT2D eigenvalue weighted by Crippen LogP contribution is -2.25. The number of pyridine rings is 1. The average Bonchev–Trinajstić information content (AvgIpc) is 3.00. The molecule has 46 heavy (non-hydrogen) atoms. The van der Waals surface area contributed by atoms with E-state index in [4.69, 9.17) is 4.74 Å². The predicted octanol–water partition coefficient (Wildman–Crippen LogP) is 6.83. The van der Waals surface area contributed by atoms with Crippen molar-refractivity contribution < 1.29 is 34.0 Å².